The van der Waals surface area contributed by atoms with Crippen molar-refractivity contribution in [1.82, 2.24) is 4.72 Å². The van der Waals surface area contributed by atoms with Crippen LogP contribution in [0.5, 0.6) is 0 Å². The van der Waals surface area contributed by atoms with Gasteiger partial charge in [0.1, 0.15) is 0 Å². The molecule has 0 radical (unpaired) electrons. The summed E-state index contributed by atoms with van der Waals surface area (Å²) in [6.07, 6.45) is 1.34. The number of carboxylic acids is 1. The monoisotopic (exact) mass is 314 g/mol. The molecular weight excluding hydrogens is 296 g/mol. The normalized spacial score (nSPS) is 12.7. The van der Waals surface area contributed by atoms with Gasteiger partial charge in [0.2, 0.25) is 15.9 Å². The summed E-state index contributed by atoms with van der Waals surface area (Å²) in [4.78, 5) is 22.4. The van der Waals surface area contributed by atoms with Crippen LogP contribution in [0.15, 0.2) is 24.3 Å². The minimum atomic E-state index is -3.46. The van der Waals surface area contributed by atoms with Crippen molar-refractivity contribution in [2.24, 2.45) is 0 Å². The number of benzene rings is 1. The molecule has 0 aliphatic rings. The Balaban J connectivity index is 2.68. The summed E-state index contributed by atoms with van der Waals surface area (Å²) in [6.45, 7) is 1.44. The first kappa shape index (κ1) is 17.1. The molecule has 1 unspecified atom stereocenters. The minimum absolute atomic E-state index is 0.00341. The highest BCUT2D eigenvalue weighted by Crippen LogP contribution is 2.12. The number of aliphatic carboxylic acids is 1. The van der Waals surface area contributed by atoms with E-state index >= 15 is 0 Å². The summed E-state index contributed by atoms with van der Waals surface area (Å²) in [5.41, 5.74) is 1.27. The zero-order valence-corrected chi connectivity index (χ0v) is 12.6. The highest BCUT2D eigenvalue weighted by atomic mass is 32.2. The maximum atomic E-state index is 11.8. The molecule has 0 fully saturated rings. The van der Waals surface area contributed by atoms with Gasteiger partial charge in [-0.1, -0.05) is 12.1 Å². The van der Waals surface area contributed by atoms with E-state index in [1.165, 1.54) is 6.92 Å². The fourth-order valence-electron chi connectivity index (χ4n) is 1.68. The number of rotatable bonds is 7. The molecule has 0 aliphatic carbocycles. The van der Waals surface area contributed by atoms with E-state index < -0.39 is 27.9 Å². The number of carboxylic acid groups (broad SMARTS) is 1. The van der Waals surface area contributed by atoms with E-state index in [0.717, 1.165) is 11.8 Å². The lowest BCUT2D eigenvalue weighted by molar-refractivity contribution is -0.137. The summed E-state index contributed by atoms with van der Waals surface area (Å²) in [5, 5.41) is 11.2. The maximum absolute atomic E-state index is 11.8. The number of amides is 1. The second-order valence-corrected chi connectivity index (χ2v) is 6.48. The SMILES string of the molecule is CC(NS(C)(=O)=O)C(=O)Nc1cccc(CCC(=O)O)c1. The van der Waals surface area contributed by atoms with Gasteiger partial charge in [-0.05, 0) is 31.0 Å². The van der Waals surface area contributed by atoms with Gasteiger partial charge < -0.3 is 10.4 Å². The van der Waals surface area contributed by atoms with Crippen molar-refractivity contribution in [1.29, 1.82) is 0 Å². The molecule has 0 saturated carbocycles. The smallest absolute Gasteiger partial charge is 0.303 e. The molecule has 0 aliphatic heterocycles. The second-order valence-electron chi connectivity index (χ2n) is 4.70. The van der Waals surface area contributed by atoms with Gasteiger partial charge in [0, 0.05) is 12.1 Å². The molecule has 0 bridgehead atoms. The molecular formula is C13H18N2O5S. The average molecular weight is 314 g/mol. The third kappa shape index (κ3) is 6.87. The third-order valence-electron chi connectivity index (χ3n) is 2.61. The van der Waals surface area contributed by atoms with Crippen LogP contribution in [0.2, 0.25) is 0 Å². The van der Waals surface area contributed by atoms with E-state index in [-0.39, 0.29) is 6.42 Å². The van der Waals surface area contributed by atoms with Gasteiger partial charge in [-0.3, -0.25) is 9.59 Å². The van der Waals surface area contributed by atoms with Crippen LogP contribution in [0.3, 0.4) is 0 Å². The average Bonchev–Trinajstić information content (AvgIpc) is 2.34. The van der Waals surface area contributed by atoms with E-state index in [2.05, 4.69) is 10.0 Å². The summed E-state index contributed by atoms with van der Waals surface area (Å²) in [6, 6.07) is 5.87. The second kappa shape index (κ2) is 7.19. The number of aryl methyl sites for hydroxylation is 1. The fourth-order valence-corrected chi connectivity index (χ4v) is 2.43. The van der Waals surface area contributed by atoms with Gasteiger partial charge in [0.25, 0.3) is 0 Å². The Kier molecular flexibility index (Phi) is 5.86. The predicted octanol–water partition coefficient (Wildman–Crippen LogP) is 0.580. The van der Waals surface area contributed by atoms with E-state index in [0.29, 0.717) is 12.1 Å². The molecule has 7 nitrogen and oxygen atoms in total. The molecule has 1 rings (SSSR count). The zero-order chi connectivity index (χ0) is 16.0. The third-order valence-corrected chi connectivity index (χ3v) is 3.39. The Hall–Kier alpha value is -1.93. The lowest BCUT2D eigenvalue weighted by Gasteiger charge is -2.13. The Morgan fingerprint density at radius 3 is 2.57 bits per heavy atom. The van der Waals surface area contributed by atoms with Crippen LogP contribution < -0.4 is 10.0 Å². The van der Waals surface area contributed by atoms with Crippen LogP contribution in [0.4, 0.5) is 5.69 Å². The van der Waals surface area contributed by atoms with Gasteiger partial charge >= 0.3 is 5.97 Å². The van der Waals surface area contributed by atoms with Crippen LogP contribution in [-0.2, 0) is 26.0 Å². The molecule has 1 aromatic carbocycles. The Labute approximate surface area is 123 Å². The molecule has 0 aromatic heterocycles. The number of nitrogens with one attached hydrogen (secondary N) is 2. The number of carbonyl (C=O) groups excluding carboxylic acids is 1. The quantitative estimate of drug-likeness (QED) is 0.681. The molecule has 116 valence electrons. The van der Waals surface area contributed by atoms with Crippen molar-refractivity contribution in [2.45, 2.75) is 25.8 Å². The van der Waals surface area contributed by atoms with Gasteiger partial charge in [0.05, 0.1) is 12.3 Å². The molecule has 8 heteroatoms. The van der Waals surface area contributed by atoms with Crippen molar-refractivity contribution in [3.8, 4) is 0 Å². The Morgan fingerprint density at radius 2 is 2.00 bits per heavy atom. The van der Waals surface area contributed by atoms with Crippen molar-refractivity contribution < 1.29 is 23.1 Å². The summed E-state index contributed by atoms with van der Waals surface area (Å²) in [5.74, 6) is -1.38. The fraction of sp³-hybridized carbons (Fsp3) is 0.385. The first-order chi connectivity index (χ1) is 9.67. The lowest BCUT2D eigenvalue weighted by Crippen LogP contribution is -2.41. The van der Waals surface area contributed by atoms with Crippen LogP contribution >= 0.6 is 0 Å². The Morgan fingerprint density at radius 1 is 1.33 bits per heavy atom. The summed E-state index contributed by atoms with van der Waals surface area (Å²) in [7, 11) is -3.46. The zero-order valence-electron chi connectivity index (χ0n) is 11.8. The maximum Gasteiger partial charge on any atom is 0.303 e. The van der Waals surface area contributed by atoms with Crippen molar-refractivity contribution in [3.63, 3.8) is 0 Å². The first-order valence-corrected chi connectivity index (χ1v) is 8.15. The molecule has 21 heavy (non-hydrogen) atoms. The van der Waals surface area contributed by atoms with Gasteiger partial charge in [-0.15, -0.1) is 0 Å². The lowest BCUT2D eigenvalue weighted by atomic mass is 10.1. The number of sulfonamides is 1. The highest BCUT2D eigenvalue weighted by Gasteiger charge is 2.16. The molecule has 1 atom stereocenters. The molecule has 0 heterocycles. The topological polar surface area (TPSA) is 113 Å². The molecule has 1 amide bonds. The standard InChI is InChI=1S/C13H18N2O5S/c1-9(15-21(2,19)20)13(18)14-11-5-3-4-10(8-11)6-7-12(16)17/h3-5,8-9,15H,6-7H2,1-2H3,(H,14,18)(H,16,17). The number of hydrogen-bond acceptors (Lipinski definition) is 4. The number of carbonyl (C=O) groups is 2. The van der Waals surface area contributed by atoms with Crippen LogP contribution in [0, 0.1) is 0 Å². The van der Waals surface area contributed by atoms with E-state index in [9.17, 15) is 18.0 Å². The first-order valence-electron chi connectivity index (χ1n) is 6.26. The van der Waals surface area contributed by atoms with Gasteiger partial charge in [-0.25, -0.2) is 13.1 Å². The van der Waals surface area contributed by atoms with Crippen LogP contribution in [0.1, 0.15) is 18.9 Å². The Bertz CT molecular complexity index is 627. The van der Waals surface area contributed by atoms with E-state index in [1.807, 2.05) is 0 Å². The number of hydrogen-bond donors (Lipinski definition) is 3. The van der Waals surface area contributed by atoms with Crippen molar-refractivity contribution in [3.05, 3.63) is 29.8 Å². The van der Waals surface area contributed by atoms with E-state index in [1.54, 1.807) is 24.3 Å². The van der Waals surface area contributed by atoms with Crippen LogP contribution in [-0.4, -0.2) is 37.7 Å². The van der Waals surface area contributed by atoms with Gasteiger partial charge in [-0.2, -0.15) is 0 Å². The highest BCUT2D eigenvalue weighted by molar-refractivity contribution is 7.88. The molecule has 0 spiro atoms. The minimum Gasteiger partial charge on any atom is -0.481 e. The summed E-state index contributed by atoms with van der Waals surface area (Å²) < 4.78 is 24.3. The van der Waals surface area contributed by atoms with Crippen molar-refractivity contribution in [2.75, 3.05) is 11.6 Å². The number of anilines is 1. The largest absolute Gasteiger partial charge is 0.481 e. The summed E-state index contributed by atoms with van der Waals surface area (Å²) >= 11 is 0. The van der Waals surface area contributed by atoms with Gasteiger partial charge in [0.15, 0.2) is 0 Å². The molecule has 3 N–H and O–H groups in total. The van der Waals surface area contributed by atoms with E-state index in [4.69, 9.17) is 5.11 Å². The van der Waals surface area contributed by atoms with Crippen molar-refractivity contribution >= 4 is 27.6 Å². The molecule has 0 saturated heterocycles. The molecule has 1 aromatic rings. The predicted molar refractivity (Wildman–Crippen MR) is 78.5 cm³/mol. The van der Waals surface area contributed by atoms with Crippen LogP contribution in [0.25, 0.3) is 0 Å².